The van der Waals surface area contributed by atoms with E-state index in [9.17, 15) is 0 Å². The monoisotopic (exact) mass is 240 g/mol. The second-order valence-corrected chi connectivity index (χ2v) is 5.50. The molecule has 1 fully saturated rings. The Balaban J connectivity index is 1.91. The van der Waals surface area contributed by atoms with Gasteiger partial charge in [0.05, 0.1) is 12.6 Å². The standard InChI is InChI=1S/C12H20N2OS/c1-8-7-16-12(13-8)9(2)14-11(6-15-3)10-4-5-10/h7,9-11,14H,4-6H2,1-3H3. The highest BCUT2D eigenvalue weighted by Crippen LogP contribution is 2.34. The van der Waals surface area contributed by atoms with Gasteiger partial charge in [-0.1, -0.05) is 0 Å². The van der Waals surface area contributed by atoms with Crippen molar-refractivity contribution < 1.29 is 4.74 Å². The molecule has 3 nitrogen and oxygen atoms in total. The molecule has 1 heterocycles. The fraction of sp³-hybridized carbons (Fsp3) is 0.750. The van der Waals surface area contributed by atoms with Crippen molar-refractivity contribution in [1.82, 2.24) is 10.3 Å². The molecule has 1 saturated carbocycles. The molecule has 0 aromatic carbocycles. The Bertz CT molecular complexity index is 336. The summed E-state index contributed by atoms with van der Waals surface area (Å²) in [7, 11) is 1.77. The van der Waals surface area contributed by atoms with Crippen LogP contribution in [0, 0.1) is 12.8 Å². The number of hydrogen-bond acceptors (Lipinski definition) is 4. The number of ether oxygens (including phenoxy) is 1. The first kappa shape index (κ1) is 12.0. The van der Waals surface area contributed by atoms with E-state index < -0.39 is 0 Å². The maximum Gasteiger partial charge on any atom is 0.110 e. The molecule has 4 heteroatoms. The first-order chi connectivity index (χ1) is 7.70. The quantitative estimate of drug-likeness (QED) is 0.829. The molecule has 0 aliphatic heterocycles. The zero-order chi connectivity index (χ0) is 11.5. The molecule has 2 atom stereocenters. The van der Waals surface area contributed by atoms with E-state index in [1.807, 2.05) is 6.92 Å². The average Bonchev–Trinajstić information content (AvgIpc) is 3.00. The second kappa shape index (κ2) is 5.25. The van der Waals surface area contributed by atoms with Crippen LogP contribution in [0.25, 0.3) is 0 Å². The van der Waals surface area contributed by atoms with Crippen LogP contribution in [0.2, 0.25) is 0 Å². The molecule has 0 saturated heterocycles. The van der Waals surface area contributed by atoms with Crippen molar-refractivity contribution in [1.29, 1.82) is 0 Å². The van der Waals surface area contributed by atoms with Gasteiger partial charge in [0.1, 0.15) is 5.01 Å². The highest BCUT2D eigenvalue weighted by molar-refractivity contribution is 7.09. The van der Waals surface area contributed by atoms with Gasteiger partial charge in [-0.15, -0.1) is 11.3 Å². The first-order valence-corrected chi connectivity index (χ1v) is 6.75. The molecule has 1 aliphatic carbocycles. The Kier molecular flexibility index (Phi) is 3.95. The van der Waals surface area contributed by atoms with Crippen LogP contribution in [0.3, 0.4) is 0 Å². The van der Waals surface area contributed by atoms with Crippen LogP contribution in [-0.2, 0) is 4.74 Å². The third-order valence-electron chi connectivity index (χ3n) is 3.01. The number of nitrogens with zero attached hydrogens (tertiary/aromatic N) is 1. The lowest BCUT2D eigenvalue weighted by Crippen LogP contribution is -2.36. The van der Waals surface area contributed by atoms with Crippen LogP contribution in [0.15, 0.2) is 5.38 Å². The molecular formula is C12H20N2OS. The molecule has 0 radical (unpaired) electrons. The number of rotatable bonds is 6. The van der Waals surface area contributed by atoms with Gasteiger partial charge in [-0.3, -0.25) is 0 Å². The van der Waals surface area contributed by atoms with Gasteiger partial charge in [-0.25, -0.2) is 4.98 Å². The summed E-state index contributed by atoms with van der Waals surface area (Å²) in [5, 5.41) is 6.92. The molecule has 0 amide bonds. The first-order valence-electron chi connectivity index (χ1n) is 5.87. The van der Waals surface area contributed by atoms with Gasteiger partial charge in [0.15, 0.2) is 0 Å². The number of thiazole rings is 1. The normalized spacial score (nSPS) is 19.7. The Morgan fingerprint density at radius 3 is 2.88 bits per heavy atom. The van der Waals surface area contributed by atoms with E-state index in [1.165, 1.54) is 17.8 Å². The zero-order valence-electron chi connectivity index (χ0n) is 10.2. The van der Waals surface area contributed by atoms with E-state index in [-0.39, 0.29) is 0 Å². The molecular weight excluding hydrogens is 220 g/mol. The molecule has 1 N–H and O–H groups in total. The summed E-state index contributed by atoms with van der Waals surface area (Å²) in [4.78, 5) is 4.52. The van der Waals surface area contributed by atoms with Crippen molar-refractivity contribution in [3.63, 3.8) is 0 Å². The number of aromatic nitrogens is 1. The van der Waals surface area contributed by atoms with Crippen LogP contribution in [0.4, 0.5) is 0 Å². The van der Waals surface area contributed by atoms with Crippen LogP contribution in [-0.4, -0.2) is 24.7 Å². The van der Waals surface area contributed by atoms with Gasteiger partial charge in [-0.05, 0) is 32.6 Å². The van der Waals surface area contributed by atoms with E-state index in [0.29, 0.717) is 12.1 Å². The fourth-order valence-electron chi connectivity index (χ4n) is 1.96. The van der Waals surface area contributed by atoms with Gasteiger partial charge < -0.3 is 10.1 Å². The maximum atomic E-state index is 5.27. The van der Waals surface area contributed by atoms with Crippen LogP contribution in [0.1, 0.15) is 36.5 Å². The Morgan fingerprint density at radius 2 is 2.38 bits per heavy atom. The Hall–Kier alpha value is -0.450. The summed E-state index contributed by atoms with van der Waals surface area (Å²) in [5.41, 5.74) is 1.11. The lowest BCUT2D eigenvalue weighted by atomic mass is 10.1. The minimum atomic E-state index is 0.333. The van der Waals surface area contributed by atoms with Gasteiger partial charge in [0.2, 0.25) is 0 Å². The summed E-state index contributed by atoms with van der Waals surface area (Å²) in [5.74, 6) is 0.809. The van der Waals surface area contributed by atoms with Gasteiger partial charge in [0.25, 0.3) is 0 Å². The fourth-order valence-corrected chi connectivity index (χ4v) is 2.77. The summed E-state index contributed by atoms with van der Waals surface area (Å²) in [6.07, 6.45) is 2.68. The van der Waals surface area contributed by atoms with Crippen LogP contribution in [0.5, 0.6) is 0 Å². The van der Waals surface area contributed by atoms with Crippen molar-refractivity contribution in [2.24, 2.45) is 5.92 Å². The molecule has 1 aromatic rings. The van der Waals surface area contributed by atoms with E-state index in [1.54, 1.807) is 18.4 Å². The van der Waals surface area contributed by atoms with Gasteiger partial charge >= 0.3 is 0 Å². The van der Waals surface area contributed by atoms with Crippen molar-refractivity contribution in [2.45, 2.75) is 38.8 Å². The largest absolute Gasteiger partial charge is 0.383 e. The molecule has 2 unspecified atom stereocenters. The van der Waals surface area contributed by atoms with E-state index in [0.717, 1.165) is 18.2 Å². The molecule has 2 rings (SSSR count). The molecule has 1 aromatic heterocycles. The number of methoxy groups -OCH3 is 1. The molecule has 0 bridgehead atoms. The number of nitrogens with one attached hydrogen (secondary N) is 1. The Morgan fingerprint density at radius 1 is 1.62 bits per heavy atom. The van der Waals surface area contributed by atoms with Crippen LogP contribution >= 0.6 is 11.3 Å². The maximum absolute atomic E-state index is 5.27. The van der Waals surface area contributed by atoms with Crippen molar-refractivity contribution >= 4 is 11.3 Å². The summed E-state index contributed by atoms with van der Waals surface area (Å²) in [6, 6.07) is 0.823. The van der Waals surface area contributed by atoms with Gasteiger partial charge in [0, 0.05) is 24.2 Å². The third kappa shape index (κ3) is 3.03. The third-order valence-corrected chi connectivity index (χ3v) is 4.15. The second-order valence-electron chi connectivity index (χ2n) is 4.61. The number of aryl methyl sites for hydroxylation is 1. The lowest BCUT2D eigenvalue weighted by molar-refractivity contribution is 0.152. The van der Waals surface area contributed by atoms with E-state index >= 15 is 0 Å². The van der Waals surface area contributed by atoms with Crippen molar-refractivity contribution in [2.75, 3.05) is 13.7 Å². The minimum absolute atomic E-state index is 0.333. The zero-order valence-corrected chi connectivity index (χ0v) is 11.0. The van der Waals surface area contributed by atoms with E-state index in [4.69, 9.17) is 4.74 Å². The summed E-state index contributed by atoms with van der Waals surface area (Å²) in [6.45, 7) is 5.03. The van der Waals surface area contributed by atoms with Crippen molar-refractivity contribution in [3.8, 4) is 0 Å². The molecule has 0 spiro atoms. The molecule has 90 valence electrons. The molecule has 16 heavy (non-hydrogen) atoms. The number of hydrogen-bond donors (Lipinski definition) is 1. The highest BCUT2D eigenvalue weighted by Gasteiger charge is 2.32. The lowest BCUT2D eigenvalue weighted by Gasteiger charge is -2.21. The average molecular weight is 240 g/mol. The summed E-state index contributed by atoms with van der Waals surface area (Å²) < 4.78 is 5.27. The van der Waals surface area contributed by atoms with E-state index in [2.05, 4.69) is 22.6 Å². The SMILES string of the molecule is COCC(NC(C)c1nc(C)cs1)C1CC1. The highest BCUT2D eigenvalue weighted by atomic mass is 32.1. The van der Waals surface area contributed by atoms with Crippen LogP contribution < -0.4 is 5.32 Å². The predicted molar refractivity (Wildman–Crippen MR) is 66.8 cm³/mol. The van der Waals surface area contributed by atoms with Crippen molar-refractivity contribution in [3.05, 3.63) is 16.1 Å². The minimum Gasteiger partial charge on any atom is -0.383 e. The summed E-state index contributed by atoms with van der Waals surface area (Å²) >= 11 is 1.74. The topological polar surface area (TPSA) is 34.1 Å². The predicted octanol–water partition coefficient (Wildman–Crippen LogP) is 2.53. The Labute approximate surface area is 101 Å². The smallest absolute Gasteiger partial charge is 0.110 e. The molecule has 1 aliphatic rings. The van der Waals surface area contributed by atoms with Gasteiger partial charge in [-0.2, -0.15) is 0 Å².